The molecule has 1 aliphatic heterocycles. The fourth-order valence-corrected chi connectivity index (χ4v) is 4.83. The molecule has 1 fully saturated rings. The van der Waals surface area contributed by atoms with E-state index in [4.69, 9.17) is 0 Å². The number of piperazine rings is 1. The van der Waals surface area contributed by atoms with E-state index in [2.05, 4.69) is 52.2 Å². The third-order valence-corrected chi connectivity index (χ3v) is 7.42. The minimum atomic E-state index is -0.368. The maximum atomic E-state index is 14.3. The van der Waals surface area contributed by atoms with Crippen LogP contribution in [-0.2, 0) is 6.42 Å². The van der Waals surface area contributed by atoms with Gasteiger partial charge in [0.1, 0.15) is 5.69 Å². The molecule has 1 aliphatic rings. The largest absolute Gasteiger partial charge is 0.336 e. The molecule has 0 unspecified atom stereocenters. The van der Waals surface area contributed by atoms with Crippen molar-refractivity contribution < 1.29 is 9.18 Å². The van der Waals surface area contributed by atoms with Gasteiger partial charge in [-0.05, 0) is 59.3 Å². The summed E-state index contributed by atoms with van der Waals surface area (Å²) in [4.78, 5) is 17.4. The topological polar surface area (TPSA) is 72.1 Å². The van der Waals surface area contributed by atoms with Gasteiger partial charge in [-0.3, -0.25) is 9.69 Å². The lowest BCUT2D eigenvalue weighted by atomic mass is 10.2. The maximum absolute atomic E-state index is 14.3. The van der Waals surface area contributed by atoms with Gasteiger partial charge in [-0.1, -0.05) is 27.2 Å². The molecule has 0 atom stereocenters. The van der Waals surface area contributed by atoms with Crippen molar-refractivity contribution in [3.8, 4) is 11.4 Å². The Morgan fingerprint density at radius 1 is 1.00 bits per heavy atom. The molecule has 0 radical (unpaired) electrons. The highest BCUT2D eigenvalue weighted by Gasteiger charge is 2.25. The van der Waals surface area contributed by atoms with E-state index in [9.17, 15) is 9.18 Å². The standard InChI is InChI=1S/C25H24Br2FN7O/c1-17-21(16-34(30-17)20-7-5-18(26)6-8-20)25(36)33-13-11-32(12-14-33)10-9-19-15-35(31-29-19)23-4-2-3-22(27)24(23)28/h2-8,15-16H,9-14H2,1H3. The van der Waals surface area contributed by atoms with Crippen molar-refractivity contribution >= 4 is 37.8 Å². The monoisotopic (exact) mass is 615 g/mol. The Bertz CT molecular complexity index is 1380. The van der Waals surface area contributed by atoms with E-state index < -0.39 is 0 Å². The van der Waals surface area contributed by atoms with E-state index in [1.807, 2.05) is 42.3 Å². The van der Waals surface area contributed by atoms with Crippen molar-refractivity contribution in [1.82, 2.24) is 34.6 Å². The first-order valence-electron chi connectivity index (χ1n) is 11.6. The molecule has 0 bridgehead atoms. The predicted octanol–water partition coefficient (Wildman–Crippen LogP) is 4.43. The molecule has 36 heavy (non-hydrogen) atoms. The smallest absolute Gasteiger partial charge is 0.257 e. The third-order valence-electron chi connectivity index (χ3n) is 6.28. The minimum absolute atomic E-state index is 0.00880. The Kier molecular flexibility index (Phi) is 7.31. The summed E-state index contributed by atoms with van der Waals surface area (Å²) < 4.78 is 18.9. The molecule has 186 valence electrons. The van der Waals surface area contributed by atoms with Crippen LogP contribution in [0.25, 0.3) is 11.4 Å². The van der Waals surface area contributed by atoms with Crippen molar-refractivity contribution in [2.75, 3.05) is 32.7 Å². The van der Waals surface area contributed by atoms with E-state index >= 15 is 0 Å². The lowest BCUT2D eigenvalue weighted by molar-refractivity contribution is 0.0637. The molecule has 1 amide bonds. The van der Waals surface area contributed by atoms with Gasteiger partial charge in [-0.25, -0.2) is 13.8 Å². The summed E-state index contributed by atoms with van der Waals surface area (Å²) in [6, 6.07) is 12.9. The fraction of sp³-hybridized carbons (Fsp3) is 0.280. The zero-order valence-corrected chi connectivity index (χ0v) is 22.8. The van der Waals surface area contributed by atoms with Crippen LogP contribution in [-0.4, -0.2) is 73.2 Å². The summed E-state index contributed by atoms with van der Waals surface area (Å²) in [5, 5.41) is 12.8. The van der Waals surface area contributed by atoms with Gasteiger partial charge >= 0.3 is 0 Å². The van der Waals surface area contributed by atoms with Crippen LogP contribution >= 0.6 is 31.9 Å². The van der Waals surface area contributed by atoms with Crippen LogP contribution in [0.1, 0.15) is 21.7 Å². The van der Waals surface area contributed by atoms with Crippen LogP contribution in [0, 0.1) is 12.7 Å². The molecular weight excluding hydrogens is 593 g/mol. The van der Waals surface area contributed by atoms with Crippen LogP contribution in [0.3, 0.4) is 0 Å². The zero-order chi connectivity index (χ0) is 25.2. The van der Waals surface area contributed by atoms with Crippen molar-refractivity contribution in [2.45, 2.75) is 13.3 Å². The Morgan fingerprint density at radius 2 is 1.75 bits per heavy atom. The van der Waals surface area contributed by atoms with Crippen LogP contribution in [0.5, 0.6) is 0 Å². The van der Waals surface area contributed by atoms with Crippen molar-refractivity contribution in [3.05, 3.63) is 86.6 Å². The summed E-state index contributed by atoms with van der Waals surface area (Å²) in [5.74, 6) is -0.359. The van der Waals surface area contributed by atoms with Gasteiger partial charge in [-0.2, -0.15) is 5.10 Å². The number of rotatable bonds is 6. The maximum Gasteiger partial charge on any atom is 0.257 e. The number of hydrogen-bond donors (Lipinski definition) is 0. The average Bonchev–Trinajstić information content (AvgIpc) is 3.51. The number of halogens is 3. The van der Waals surface area contributed by atoms with Gasteiger partial charge in [0.05, 0.1) is 33.3 Å². The first kappa shape index (κ1) is 24.8. The molecule has 4 aromatic rings. The number of nitrogens with zero attached hydrogens (tertiary/aromatic N) is 7. The highest BCUT2D eigenvalue weighted by Crippen LogP contribution is 2.21. The van der Waals surface area contributed by atoms with Gasteiger partial charge in [0.15, 0.2) is 5.82 Å². The number of hydrogen-bond acceptors (Lipinski definition) is 5. The first-order chi connectivity index (χ1) is 17.4. The highest BCUT2D eigenvalue weighted by molar-refractivity contribution is 9.10. The number of carbonyl (C=O) groups excluding carboxylic acids is 1. The molecule has 2 aromatic carbocycles. The Balaban J connectivity index is 1.15. The second-order valence-corrected chi connectivity index (χ2v) is 10.4. The number of benzene rings is 2. The van der Waals surface area contributed by atoms with Crippen LogP contribution < -0.4 is 0 Å². The van der Waals surface area contributed by atoms with E-state index in [-0.39, 0.29) is 11.7 Å². The molecule has 0 aliphatic carbocycles. The second kappa shape index (κ2) is 10.6. The molecule has 0 saturated carbocycles. The summed E-state index contributed by atoms with van der Waals surface area (Å²) in [5.41, 5.74) is 3.40. The molecule has 5 rings (SSSR count). The van der Waals surface area contributed by atoms with Gasteiger partial charge in [0.2, 0.25) is 0 Å². The molecular formula is C25H24Br2FN7O. The van der Waals surface area contributed by atoms with Crippen LogP contribution in [0.4, 0.5) is 4.39 Å². The number of aromatic nitrogens is 5. The molecule has 0 N–H and O–H groups in total. The van der Waals surface area contributed by atoms with E-state index in [1.165, 1.54) is 4.68 Å². The van der Waals surface area contributed by atoms with Gasteiger partial charge in [0.25, 0.3) is 5.91 Å². The molecule has 3 heterocycles. The number of aryl methyl sites for hydroxylation is 1. The Hall–Kier alpha value is -2.89. The lowest BCUT2D eigenvalue weighted by Gasteiger charge is -2.34. The third kappa shape index (κ3) is 5.28. The first-order valence-corrected chi connectivity index (χ1v) is 13.2. The van der Waals surface area contributed by atoms with Gasteiger partial charge < -0.3 is 4.90 Å². The normalized spacial score (nSPS) is 14.4. The van der Waals surface area contributed by atoms with Gasteiger partial charge in [-0.15, -0.1) is 5.10 Å². The van der Waals surface area contributed by atoms with Gasteiger partial charge in [0, 0.05) is 49.8 Å². The lowest BCUT2D eigenvalue weighted by Crippen LogP contribution is -2.49. The average molecular weight is 617 g/mol. The van der Waals surface area contributed by atoms with E-state index in [0.717, 1.165) is 41.2 Å². The Morgan fingerprint density at radius 3 is 2.50 bits per heavy atom. The van der Waals surface area contributed by atoms with Crippen LogP contribution in [0.15, 0.2) is 63.8 Å². The van der Waals surface area contributed by atoms with Crippen molar-refractivity contribution in [2.24, 2.45) is 0 Å². The molecule has 1 saturated heterocycles. The van der Waals surface area contributed by atoms with Crippen molar-refractivity contribution in [1.29, 1.82) is 0 Å². The Labute approximate surface area is 225 Å². The highest BCUT2D eigenvalue weighted by atomic mass is 79.9. The fourth-order valence-electron chi connectivity index (χ4n) is 4.21. The summed E-state index contributed by atoms with van der Waals surface area (Å²) in [6.07, 6.45) is 4.27. The van der Waals surface area contributed by atoms with Crippen LogP contribution in [0.2, 0.25) is 0 Å². The summed E-state index contributed by atoms with van der Waals surface area (Å²) in [6.45, 7) is 5.52. The van der Waals surface area contributed by atoms with E-state index in [1.54, 1.807) is 29.1 Å². The molecule has 0 spiro atoms. The van der Waals surface area contributed by atoms with E-state index in [0.29, 0.717) is 35.2 Å². The zero-order valence-electron chi connectivity index (χ0n) is 19.6. The second-order valence-electron chi connectivity index (χ2n) is 8.66. The number of amides is 1. The molecule has 11 heteroatoms. The summed E-state index contributed by atoms with van der Waals surface area (Å²) >= 11 is 6.64. The quantitative estimate of drug-likeness (QED) is 0.321. The SMILES string of the molecule is Cc1nn(-c2ccc(Br)cc2)cc1C(=O)N1CCN(CCc2cn(-c3cccc(Br)c3F)nn2)CC1. The molecule has 8 nitrogen and oxygen atoms in total. The number of carbonyl (C=O) groups is 1. The van der Waals surface area contributed by atoms with Crippen molar-refractivity contribution in [3.63, 3.8) is 0 Å². The minimum Gasteiger partial charge on any atom is -0.336 e. The molecule has 2 aromatic heterocycles. The predicted molar refractivity (Wildman–Crippen MR) is 141 cm³/mol. The summed E-state index contributed by atoms with van der Waals surface area (Å²) in [7, 11) is 0.